The lowest BCUT2D eigenvalue weighted by atomic mass is 9.96. The third kappa shape index (κ3) is 3.06. The standard InChI is InChI=1S/C24H20F2N4O2/c1-13(30-11-21-17(24(30)32)4-3-7-27-21)22-19(25)8-15(9-20(22)26)16-6-5-14(12-31)23-18(16)10-29(2)28-23/h3-10,13,31H,11-12H2,1-2H3/t13-/m0/s1/i12D2. The van der Waals surface area contributed by atoms with Gasteiger partial charge in [-0.15, -0.1) is 0 Å². The average Bonchev–Trinajstić information content (AvgIpc) is 3.31. The fourth-order valence-electron chi connectivity index (χ4n) is 4.32. The fraction of sp³-hybridized carbons (Fsp3) is 0.208. The minimum absolute atomic E-state index is 0.0428. The Morgan fingerprint density at radius 2 is 1.97 bits per heavy atom. The van der Waals surface area contributed by atoms with Gasteiger partial charge in [-0.05, 0) is 42.3 Å². The monoisotopic (exact) mass is 436 g/mol. The Morgan fingerprint density at radius 3 is 2.66 bits per heavy atom. The number of hydrogen-bond acceptors (Lipinski definition) is 4. The fourth-order valence-corrected chi connectivity index (χ4v) is 4.32. The summed E-state index contributed by atoms with van der Waals surface area (Å²) < 4.78 is 47.4. The Kier molecular flexibility index (Phi) is 4.21. The maximum Gasteiger partial charge on any atom is 0.256 e. The molecule has 4 aromatic rings. The lowest BCUT2D eigenvalue weighted by molar-refractivity contribution is 0.0709. The molecule has 1 aliphatic rings. The topological polar surface area (TPSA) is 71.2 Å². The molecule has 0 spiro atoms. The lowest BCUT2D eigenvalue weighted by Gasteiger charge is -2.25. The highest BCUT2D eigenvalue weighted by Crippen LogP contribution is 2.36. The van der Waals surface area contributed by atoms with Crippen LogP contribution in [0.1, 0.15) is 42.9 Å². The second-order valence-electron chi connectivity index (χ2n) is 7.80. The second-order valence-corrected chi connectivity index (χ2v) is 7.80. The number of halogens is 2. The van der Waals surface area contributed by atoms with E-state index < -0.39 is 24.2 Å². The number of rotatable bonds is 4. The number of carbonyl (C=O) groups is 1. The molecule has 0 aliphatic carbocycles. The maximum absolute atomic E-state index is 15.3. The highest BCUT2D eigenvalue weighted by Gasteiger charge is 2.34. The van der Waals surface area contributed by atoms with Crippen molar-refractivity contribution in [2.24, 2.45) is 7.05 Å². The van der Waals surface area contributed by atoms with Crippen LogP contribution in [0.25, 0.3) is 22.0 Å². The van der Waals surface area contributed by atoms with Crippen molar-refractivity contribution in [2.45, 2.75) is 26.1 Å². The Bertz CT molecular complexity index is 1440. The number of hydrogen-bond donors (Lipinski definition) is 1. The summed E-state index contributed by atoms with van der Waals surface area (Å²) in [5, 5.41) is 14.5. The normalized spacial score (nSPS) is 15.7. The van der Waals surface area contributed by atoms with E-state index in [1.807, 2.05) is 0 Å². The largest absolute Gasteiger partial charge is 0.392 e. The molecule has 3 heterocycles. The van der Waals surface area contributed by atoms with E-state index in [2.05, 4.69) is 10.1 Å². The van der Waals surface area contributed by atoms with Gasteiger partial charge in [-0.1, -0.05) is 12.1 Å². The number of pyridine rings is 1. The van der Waals surface area contributed by atoms with Gasteiger partial charge < -0.3 is 10.0 Å². The van der Waals surface area contributed by atoms with Gasteiger partial charge in [0.15, 0.2) is 0 Å². The quantitative estimate of drug-likeness (QED) is 0.522. The van der Waals surface area contributed by atoms with Crippen molar-refractivity contribution in [3.05, 3.63) is 82.8 Å². The summed E-state index contributed by atoms with van der Waals surface area (Å²) in [4.78, 5) is 18.3. The third-order valence-corrected chi connectivity index (χ3v) is 5.89. The van der Waals surface area contributed by atoms with E-state index in [1.54, 1.807) is 38.5 Å². The number of aryl methyl sites for hydroxylation is 1. The molecule has 162 valence electrons. The summed E-state index contributed by atoms with van der Waals surface area (Å²) in [5.74, 6) is -1.94. The number of aliphatic hydroxyl groups is 1. The van der Waals surface area contributed by atoms with Crippen molar-refractivity contribution in [3.63, 3.8) is 0 Å². The van der Waals surface area contributed by atoms with Crippen molar-refractivity contribution in [3.8, 4) is 11.1 Å². The molecule has 1 atom stereocenters. The Balaban J connectivity index is 1.56. The van der Waals surface area contributed by atoms with Gasteiger partial charge in [0.05, 0.1) is 38.7 Å². The predicted molar refractivity (Wildman–Crippen MR) is 115 cm³/mol. The van der Waals surface area contributed by atoms with Crippen molar-refractivity contribution >= 4 is 16.8 Å². The molecular weight excluding hydrogens is 414 g/mol. The molecule has 0 saturated heterocycles. The molecule has 0 radical (unpaired) electrons. The SMILES string of the molecule is [2H]C([2H])(O)c1ccc(-c2cc(F)c([C@H](C)N3Cc4ncccc4C3=O)c(F)c2)c2cn(C)nc12. The number of amides is 1. The van der Waals surface area contributed by atoms with Gasteiger partial charge in [0.2, 0.25) is 0 Å². The first kappa shape index (κ1) is 18.0. The van der Waals surface area contributed by atoms with Crippen LogP contribution in [0.5, 0.6) is 0 Å². The van der Waals surface area contributed by atoms with E-state index in [0.29, 0.717) is 22.2 Å². The van der Waals surface area contributed by atoms with Gasteiger partial charge in [-0.2, -0.15) is 5.10 Å². The van der Waals surface area contributed by atoms with E-state index in [-0.39, 0.29) is 34.7 Å². The second kappa shape index (κ2) is 7.49. The number of aromatic nitrogens is 3. The molecule has 1 amide bonds. The van der Waals surface area contributed by atoms with E-state index in [0.717, 1.165) is 0 Å². The van der Waals surface area contributed by atoms with E-state index in [1.165, 1.54) is 33.8 Å². The van der Waals surface area contributed by atoms with E-state index >= 15 is 8.78 Å². The maximum atomic E-state index is 15.3. The lowest BCUT2D eigenvalue weighted by Crippen LogP contribution is -2.28. The van der Waals surface area contributed by atoms with Crippen LogP contribution in [0.15, 0.2) is 48.8 Å². The first-order valence-corrected chi connectivity index (χ1v) is 9.99. The molecule has 0 fully saturated rings. The highest BCUT2D eigenvalue weighted by molar-refractivity contribution is 5.98. The van der Waals surface area contributed by atoms with Crippen molar-refractivity contribution in [1.82, 2.24) is 19.7 Å². The summed E-state index contributed by atoms with van der Waals surface area (Å²) in [5.41, 5.74) is 1.58. The van der Waals surface area contributed by atoms with Gasteiger partial charge in [-0.3, -0.25) is 14.5 Å². The summed E-state index contributed by atoms with van der Waals surface area (Å²) in [6.45, 7) is -0.893. The minimum atomic E-state index is -2.63. The van der Waals surface area contributed by atoms with Gasteiger partial charge in [0.25, 0.3) is 5.91 Å². The van der Waals surface area contributed by atoms with Crippen LogP contribution < -0.4 is 0 Å². The molecular formula is C24H20F2N4O2. The zero-order valence-corrected chi connectivity index (χ0v) is 17.3. The first-order chi connectivity index (χ1) is 16.1. The summed E-state index contributed by atoms with van der Waals surface area (Å²) >= 11 is 0. The Hall–Kier alpha value is -3.65. The zero-order valence-electron chi connectivity index (χ0n) is 19.3. The first-order valence-electron chi connectivity index (χ1n) is 11.0. The molecule has 2 aromatic heterocycles. The Morgan fingerprint density at radius 1 is 1.22 bits per heavy atom. The van der Waals surface area contributed by atoms with Gasteiger partial charge in [0.1, 0.15) is 11.6 Å². The molecule has 1 aliphatic heterocycles. The van der Waals surface area contributed by atoms with E-state index in [9.17, 15) is 9.90 Å². The minimum Gasteiger partial charge on any atom is -0.392 e. The molecule has 6 nitrogen and oxygen atoms in total. The van der Waals surface area contributed by atoms with Crippen molar-refractivity contribution in [2.75, 3.05) is 0 Å². The molecule has 0 saturated carbocycles. The number of fused-ring (bicyclic) bond motifs is 2. The van der Waals surface area contributed by atoms with Crippen molar-refractivity contribution in [1.29, 1.82) is 0 Å². The van der Waals surface area contributed by atoms with E-state index in [4.69, 9.17) is 2.74 Å². The molecule has 1 N–H and O–H groups in total. The molecule has 0 bridgehead atoms. The van der Waals surface area contributed by atoms with Gasteiger partial charge in [0, 0.05) is 36.0 Å². The molecule has 0 unspecified atom stereocenters. The van der Waals surface area contributed by atoms with Crippen LogP contribution in [-0.4, -0.2) is 30.7 Å². The number of benzene rings is 2. The number of carbonyl (C=O) groups excluding carboxylic acids is 1. The molecule has 8 heteroatoms. The van der Waals surface area contributed by atoms with Crippen LogP contribution in [0.2, 0.25) is 0 Å². The number of nitrogens with zero attached hydrogens (tertiary/aromatic N) is 4. The van der Waals surface area contributed by atoms with Crippen LogP contribution in [0, 0.1) is 11.6 Å². The average molecular weight is 436 g/mol. The van der Waals surface area contributed by atoms with Crippen LogP contribution in [0.3, 0.4) is 0 Å². The molecule has 32 heavy (non-hydrogen) atoms. The van der Waals surface area contributed by atoms with Crippen LogP contribution in [-0.2, 0) is 20.2 Å². The summed E-state index contributed by atoms with van der Waals surface area (Å²) in [7, 11) is 1.63. The highest BCUT2D eigenvalue weighted by atomic mass is 19.1. The summed E-state index contributed by atoms with van der Waals surface area (Å²) in [6, 6.07) is 7.66. The van der Waals surface area contributed by atoms with Gasteiger partial charge in [-0.25, -0.2) is 8.78 Å². The Labute approximate surface area is 185 Å². The predicted octanol–water partition coefficient (Wildman–Crippen LogP) is 4.12. The smallest absolute Gasteiger partial charge is 0.256 e. The molecule has 5 rings (SSSR count). The van der Waals surface area contributed by atoms with Gasteiger partial charge >= 0.3 is 0 Å². The van der Waals surface area contributed by atoms with Crippen LogP contribution in [0.4, 0.5) is 8.78 Å². The zero-order chi connectivity index (χ0) is 24.4. The molecule has 2 aromatic carbocycles. The van der Waals surface area contributed by atoms with Crippen LogP contribution >= 0.6 is 0 Å². The summed E-state index contributed by atoms with van der Waals surface area (Å²) in [6.07, 6.45) is 3.17. The third-order valence-electron chi connectivity index (χ3n) is 5.89. The van der Waals surface area contributed by atoms with Crippen molar-refractivity contribution < 1.29 is 21.4 Å².